The summed E-state index contributed by atoms with van der Waals surface area (Å²) in [5.74, 6) is 0.740. The van der Waals surface area contributed by atoms with Crippen molar-refractivity contribution in [2.45, 2.75) is 26.0 Å². The third-order valence-corrected chi connectivity index (χ3v) is 2.87. The molecule has 0 amide bonds. The van der Waals surface area contributed by atoms with E-state index in [4.69, 9.17) is 10.6 Å². The summed E-state index contributed by atoms with van der Waals surface area (Å²) in [5.41, 5.74) is 10.5. The van der Waals surface area contributed by atoms with Gasteiger partial charge in [0.25, 0.3) is 0 Å². The molecule has 0 radical (unpaired) electrons. The second-order valence-electron chi connectivity index (χ2n) is 5.15. The SMILES string of the molecule is CC(C)NOC(CNc1cc(N)ccn1)c1ccccc1. The Bertz CT molecular complexity index is 545. The Labute approximate surface area is 125 Å². The highest BCUT2D eigenvalue weighted by molar-refractivity contribution is 5.48. The number of rotatable bonds is 7. The van der Waals surface area contributed by atoms with Crippen molar-refractivity contribution in [2.75, 3.05) is 17.6 Å². The van der Waals surface area contributed by atoms with E-state index in [-0.39, 0.29) is 12.1 Å². The predicted octanol–water partition coefficient (Wildman–Crippen LogP) is 2.75. The van der Waals surface area contributed by atoms with Gasteiger partial charge < -0.3 is 11.1 Å². The summed E-state index contributed by atoms with van der Waals surface area (Å²) in [7, 11) is 0. The van der Waals surface area contributed by atoms with Crippen LogP contribution in [0, 0.1) is 0 Å². The van der Waals surface area contributed by atoms with Crippen molar-refractivity contribution in [3.05, 3.63) is 54.2 Å². The first-order valence-corrected chi connectivity index (χ1v) is 7.06. The van der Waals surface area contributed by atoms with Crippen LogP contribution in [0.1, 0.15) is 25.5 Å². The molecule has 1 aromatic carbocycles. The van der Waals surface area contributed by atoms with E-state index in [2.05, 4.69) is 15.8 Å². The molecule has 1 aromatic heterocycles. The number of nitrogens with two attached hydrogens (primary N) is 1. The molecule has 0 fully saturated rings. The van der Waals surface area contributed by atoms with E-state index in [1.54, 1.807) is 18.3 Å². The van der Waals surface area contributed by atoms with Crippen molar-refractivity contribution < 1.29 is 4.84 Å². The molecule has 5 nitrogen and oxygen atoms in total. The number of hydroxylamine groups is 1. The minimum absolute atomic E-state index is 0.114. The zero-order valence-electron chi connectivity index (χ0n) is 12.4. The van der Waals surface area contributed by atoms with Crippen LogP contribution >= 0.6 is 0 Å². The maximum Gasteiger partial charge on any atom is 0.128 e. The van der Waals surface area contributed by atoms with E-state index in [1.807, 2.05) is 44.2 Å². The average molecular weight is 286 g/mol. The van der Waals surface area contributed by atoms with Gasteiger partial charge in [0, 0.05) is 30.5 Å². The predicted molar refractivity (Wildman–Crippen MR) is 85.7 cm³/mol. The van der Waals surface area contributed by atoms with Crippen LogP contribution in [0.25, 0.3) is 0 Å². The van der Waals surface area contributed by atoms with Crippen molar-refractivity contribution >= 4 is 11.5 Å². The van der Waals surface area contributed by atoms with Gasteiger partial charge in [-0.15, -0.1) is 0 Å². The number of pyridine rings is 1. The Morgan fingerprint density at radius 3 is 2.62 bits per heavy atom. The molecule has 0 aliphatic rings. The van der Waals surface area contributed by atoms with Crippen molar-refractivity contribution in [3.63, 3.8) is 0 Å². The van der Waals surface area contributed by atoms with Gasteiger partial charge in [-0.2, -0.15) is 5.48 Å². The van der Waals surface area contributed by atoms with Crippen molar-refractivity contribution in [2.24, 2.45) is 0 Å². The lowest BCUT2D eigenvalue weighted by molar-refractivity contribution is -0.0332. The van der Waals surface area contributed by atoms with Gasteiger partial charge in [-0.1, -0.05) is 30.3 Å². The quantitative estimate of drug-likeness (QED) is 0.683. The number of anilines is 2. The summed E-state index contributed by atoms with van der Waals surface area (Å²) in [5, 5.41) is 3.25. The topological polar surface area (TPSA) is 72.2 Å². The summed E-state index contributed by atoms with van der Waals surface area (Å²) >= 11 is 0. The normalized spacial score (nSPS) is 12.3. The molecule has 5 heteroatoms. The third-order valence-electron chi connectivity index (χ3n) is 2.87. The van der Waals surface area contributed by atoms with Crippen LogP contribution in [0.3, 0.4) is 0 Å². The Morgan fingerprint density at radius 2 is 1.95 bits per heavy atom. The molecule has 0 bridgehead atoms. The van der Waals surface area contributed by atoms with Gasteiger partial charge in [-0.05, 0) is 25.5 Å². The van der Waals surface area contributed by atoms with Gasteiger partial charge in [0.15, 0.2) is 0 Å². The van der Waals surface area contributed by atoms with Gasteiger partial charge in [-0.25, -0.2) is 4.98 Å². The van der Waals surface area contributed by atoms with E-state index in [0.717, 1.165) is 11.4 Å². The molecule has 1 unspecified atom stereocenters. The number of nitrogen functional groups attached to an aromatic ring is 1. The summed E-state index contributed by atoms with van der Waals surface area (Å²) < 4.78 is 0. The molecule has 21 heavy (non-hydrogen) atoms. The fraction of sp³-hybridized carbons (Fsp3) is 0.312. The first kappa shape index (κ1) is 15.3. The smallest absolute Gasteiger partial charge is 0.128 e. The van der Waals surface area contributed by atoms with Gasteiger partial charge in [-0.3, -0.25) is 4.84 Å². The second kappa shape index (κ2) is 7.61. The lowest BCUT2D eigenvalue weighted by Crippen LogP contribution is -2.28. The Hall–Kier alpha value is -2.11. The van der Waals surface area contributed by atoms with E-state index in [0.29, 0.717) is 12.2 Å². The first-order valence-electron chi connectivity index (χ1n) is 7.06. The van der Waals surface area contributed by atoms with E-state index in [9.17, 15) is 0 Å². The van der Waals surface area contributed by atoms with Crippen LogP contribution in [-0.4, -0.2) is 17.6 Å². The number of aromatic nitrogens is 1. The number of hydrogen-bond acceptors (Lipinski definition) is 5. The molecule has 4 N–H and O–H groups in total. The molecule has 2 rings (SSSR count). The highest BCUT2D eigenvalue weighted by Gasteiger charge is 2.13. The minimum Gasteiger partial charge on any atom is -0.399 e. The molecule has 1 atom stereocenters. The van der Waals surface area contributed by atoms with Crippen LogP contribution in [0.15, 0.2) is 48.7 Å². The minimum atomic E-state index is -0.114. The molecule has 0 aliphatic heterocycles. The van der Waals surface area contributed by atoms with Crippen molar-refractivity contribution in [1.82, 2.24) is 10.5 Å². The first-order chi connectivity index (χ1) is 10.1. The van der Waals surface area contributed by atoms with Crippen LogP contribution < -0.4 is 16.5 Å². The number of benzene rings is 1. The Kier molecular flexibility index (Phi) is 5.54. The van der Waals surface area contributed by atoms with Crippen LogP contribution in [0.2, 0.25) is 0 Å². The maximum atomic E-state index is 5.77. The van der Waals surface area contributed by atoms with E-state index >= 15 is 0 Å². The molecule has 0 saturated heterocycles. The molecule has 0 aliphatic carbocycles. The highest BCUT2D eigenvalue weighted by Crippen LogP contribution is 2.17. The van der Waals surface area contributed by atoms with Crippen LogP contribution in [0.4, 0.5) is 11.5 Å². The van der Waals surface area contributed by atoms with Crippen LogP contribution in [0.5, 0.6) is 0 Å². The number of hydrogen-bond donors (Lipinski definition) is 3. The Morgan fingerprint density at radius 1 is 1.19 bits per heavy atom. The zero-order valence-corrected chi connectivity index (χ0v) is 12.4. The summed E-state index contributed by atoms with van der Waals surface area (Å²) in [4.78, 5) is 10.0. The summed E-state index contributed by atoms with van der Waals surface area (Å²) in [6.45, 7) is 4.67. The van der Waals surface area contributed by atoms with Gasteiger partial charge >= 0.3 is 0 Å². The fourth-order valence-corrected chi connectivity index (χ4v) is 1.85. The maximum absolute atomic E-state index is 5.77. The lowest BCUT2D eigenvalue weighted by atomic mass is 10.1. The molecular weight excluding hydrogens is 264 g/mol. The molecule has 0 saturated carbocycles. The van der Waals surface area contributed by atoms with Gasteiger partial charge in [0.05, 0.1) is 0 Å². The average Bonchev–Trinajstić information content (AvgIpc) is 2.48. The summed E-state index contributed by atoms with van der Waals surface area (Å²) in [6.07, 6.45) is 1.57. The van der Waals surface area contributed by atoms with Crippen molar-refractivity contribution in [1.29, 1.82) is 0 Å². The second-order valence-corrected chi connectivity index (χ2v) is 5.15. The van der Waals surface area contributed by atoms with Crippen molar-refractivity contribution in [3.8, 4) is 0 Å². The largest absolute Gasteiger partial charge is 0.399 e. The van der Waals surface area contributed by atoms with E-state index < -0.39 is 0 Å². The van der Waals surface area contributed by atoms with E-state index in [1.165, 1.54) is 0 Å². The monoisotopic (exact) mass is 286 g/mol. The molecule has 2 aromatic rings. The highest BCUT2D eigenvalue weighted by atomic mass is 16.7. The Balaban J connectivity index is 2.02. The molecule has 112 valence electrons. The molecule has 0 spiro atoms. The number of nitrogens with zero attached hydrogens (tertiary/aromatic N) is 1. The number of nitrogens with one attached hydrogen (secondary N) is 2. The lowest BCUT2D eigenvalue weighted by Gasteiger charge is -2.20. The van der Waals surface area contributed by atoms with Gasteiger partial charge in [0.2, 0.25) is 0 Å². The zero-order chi connectivity index (χ0) is 15.1. The molecular formula is C16H22N4O. The standard InChI is InChI=1S/C16H22N4O/c1-12(2)20-21-15(13-6-4-3-5-7-13)11-19-16-10-14(17)8-9-18-16/h3-10,12,15,20H,11H2,1-2H3,(H3,17,18,19). The molecule has 1 heterocycles. The van der Waals surface area contributed by atoms with Gasteiger partial charge in [0.1, 0.15) is 11.9 Å². The van der Waals surface area contributed by atoms with Crippen LogP contribution in [-0.2, 0) is 4.84 Å². The third kappa shape index (κ3) is 5.06. The summed E-state index contributed by atoms with van der Waals surface area (Å²) in [6, 6.07) is 13.9. The fourth-order valence-electron chi connectivity index (χ4n) is 1.85.